The van der Waals surface area contributed by atoms with Crippen molar-refractivity contribution in [1.82, 2.24) is 4.98 Å². The predicted molar refractivity (Wildman–Crippen MR) is 70.1 cm³/mol. The normalized spacial score (nSPS) is 10.8. The van der Waals surface area contributed by atoms with E-state index in [1.807, 2.05) is 13.0 Å². The summed E-state index contributed by atoms with van der Waals surface area (Å²) in [4.78, 5) is 3.84. The van der Waals surface area contributed by atoms with Gasteiger partial charge in [0.25, 0.3) is 0 Å². The Labute approximate surface area is 119 Å². The molecule has 0 bridgehead atoms. The second kappa shape index (κ2) is 6.70. The molecule has 20 heavy (non-hydrogen) atoms. The van der Waals surface area contributed by atoms with Gasteiger partial charge in [-0.2, -0.15) is 13.2 Å². The van der Waals surface area contributed by atoms with Gasteiger partial charge in [-0.15, -0.1) is 0 Å². The summed E-state index contributed by atoms with van der Waals surface area (Å²) in [6.07, 6.45) is -2.86. The van der Waals surface area contributed by atoms with Gasteiger partial charge in [-0.05, 0) is 43.2 Å². The van der Waals surface area contributed by atoms with Crippen LogP contribution in [0, 0.1) is 19.7 Å². The second-order valence-electron chi connectivity index (χ2n) is 4.14. The Bertz CT molecular complexity index is 543. The van der Waals surface area contributed by atoms with E-state index in [2.05, 4.69) is 4.98 Å². The zero-order chi connectivity index (χ0) is 15.3. The Hall–Kier alpha value is -1.62. The molecule has 0 aliphatic heterocycles. The number of hydrogen-bond donors (Lipinski definition) is 0. The summed E-state index contributed by atoms with van der Waals surface area (Å²) in [6.45, 7) is 3.51. The van der Waals surface area contributed by atoms with E-state index in [1.54, 1.807) is 12.3 Å². The molecule has 0 atom stereocenters. The first-order valence-corrected chi connectivity index (χ1v) is 5.99. The van der Waals surface area contributed by atoms with Gasteiger partial charge in [0.2, 0.25) is 0 Å². The molecule has 0 saturated heterocycles. The Morgan fingerprint density at radius 2 is 1.60 bits per heavy atom. The lowest BCUT2D eigenvalue weighted by atomic mass is 10.1. The van der Waals surface area contributed by atoms with E-state index in [4.69, 9.17) is 11.6 Å². The minimum atomic E-state index is -4.60. The first-order chi connectivity index (χ1) is 9.20. The number of pyridine rings is 1. The summed E-state index contributed by atoms with van der Waals surface area (Å²) in [5.41, 5.74) is 0.392. The molecule has 0 aliphatic rings. The van der Waals surface area contributed by atoms with Gasteiger partial charge in [0.1, 0.15) is 11.0 Å². The maximum absolute atomic E-state index is 12.6. The molecule has 1 aromatic carbocycles. The SMILES string of the molecule is Cc1ccc(C(F)(F)F)c(F)c1.Cc1ccc(Cl)nc1. The summed E-state index contributed by atoms with van der Waals surface area (Å²) in [6, 6.07) is 6.53. The Morgan fingerprint density at radius 1 is 1.00 bits per heavy atom. The largest absolute Gasteiger partial charge is 0.419 e. The summed E-state index contributed by atoms with van der Waals surface area (Å²) < 4.78 is 48.4. The van der Waals surface area contributed by atoms with Crippen molar-refractivity contribution in [2.24, 2.45) is 0 Å². The first kappa shape index (κ1) is 16.4. The lowest BCUT2D eigenvalue weighted by molar-refractivity contribution is -0.140. The fourth-order valence-electron chi connectivity index (χ4n) is 1.30. The third-order valence-electron chi connectivity index (χ3n) is 2.31. The molecule has 0 aliphatic carbocycles. The molecule has 108 valence electrons. The van der Waals surface area contributed by atoms with E-state index in [-0.39, 0.29) is 0 Å². The molecule has 0 amide bonds. The van der Waals surface area contributed by atoms with Crippen LogP contribution in [0.5, 0.6) is 0 Å². The lowest BCUT2D eigenvalue weighted by Gasteiger charge is -2.07. The number of halogens is 5. The molecule has 0 spiro atoms. The van der Waals surface area contributed by atoms with Gasteiger partial charge in [0.15, 0.2) is 0 Å². The maximum atomic E-state index is 12.6. The monoisotopic (exact) mass is 305 g/mol. The molecular formula is C14H12ClF4N. The van der Waals surface area contributed by atoms with Gasteiger partial charge in [0.05, 0.1) is 5.56 Å². The number of alkyl halides is 3. The van der Waals surface area contributed by atoms with Crippen LogP contribution in [0.2, 0.25) is 5.15 Å². The van der Waals surface area contributed by atoms with Crippen molar-refractivity contribution in [3.63, 3.8) is 0 Å². The average Bonchev–Trinajstić information content (AvgIpc) is 2.32. The highest BCUT2D eigenvalue weighted by Gasteiger charge is 2.33. The smallest absolute Gasteiger partial charge is 0.244 e. The third kappa shape index (κ3) is 5.17. The molecule has 2 rings (SSSR count). The minimum Gasteiger partial charge on any atom is -0.244 e. The zero-order valence-electron chi connectivity index (χ0n) is 10.8. The quantitative estimate of drug-likeness (QED) is 0.482. The summed E-state index contributed by atoms with van der Waals surface area (Å²) in [7, 11) is 0. The molecule has 6 heteroatoms. The number of aryl methyl sites for hydroxylation is 2. The van der Waals surface area contributed by atoms with Crippen LogP contribution in [0.4, 0.5) is 17.6 Å². The highest BCUT2D eigenvalue weighted by molar-refractivity contribution is 6.29. The van der Waals surface area contributed by atoms with Crippen molar-refractivity contribution < 1.29 is 17.6 Å². The van der Waals surface area contributed by atoms with Crippen LogP contribution in [0.1, 0.15) is 16.7 Å². The van der Waals surface area contributed by atoms with Gasteiger partial charge in [-0.3, -0.25) is 0 Å². The molecule has 1 aromatic heterocycles. The van der Waals surface area contributed by atoms with Crippen molar-refractivity contribution in [2.45, 2.75) is 20.0 Å². The molecule has 1 heterocycles. The van der Waals surface area contributed by atoms with Crippen molar-refractivity contribution in [3.05, 3.63) is 64.2 Å². The van der Waals surface area contributed by atoms with Gasteiger partial charge < -0.3 is 0 Å². The van der Waals surface area contributed by atoms with Crippen LogP contribution in [0.15, 0.2) is 36.5 Å². The number of nitrogens with zero attached hydrogens (tertiary/aromatic N) is 1. The molecular weight excluding hydrogens is 294 g/mol. The lowest BCUT2D eigenvalue weighted by Crippen LogP contribution is -2.07. The molecule has 0 N–H and O–H groups in total. The highest BCUT2D eigenvalue weighted by Crippen LogP contribution is 2.31. The molecule has 0 unspecified atom stereocenters. The number of aromatic nitrogens is 1. The van der Waals surface area contributed by atoms with E-state index in [1.165, 1.54) is 13.0 Å². The van der Waals surface area contributed by atoms with Gasteiger partial charge in [-0.25, -0.2) is 9.37 Å². The van der Waals surface area contributed by atoms with Gasteiger partial charge in [-0.1, -0.05) is 23.7 Å². The van der Waals surface area contributed by atoms with Crippen molar-refractivity contribution in [2.75, 3.05) is 0 Å². The Kier molecular flexibility index (Phi) is 5.51. The number of benzene rings is 1. The summed E-state index contributed by atoms with van der Waals surface area (Å²) >= 11 is 5.50. The second-order valence-corrected chi connectivity index (χ2v) is 4.53. The zero-order valence-corrected chi connectivity index (χ0v) is 11.6. The van der Waals surface area contributed by atoms with Crippen molar-refractivity contribution >= 4 is 11.6 Å². The molecule has 2 aromatic rings. The first-order valence-electron chi connectivity index (χ1n) is 5.61. The van der Waals surface area contributed by atoms with Gasteiger partial charge in [0, 0.05) is 6.20 Å². The molecule has 0 saturated carbocycles. The van der Waals surface area contributed by atoms with E-state index < -0.39 is 17.6 Å². The fourth-order valence-corrected chi connectivity index (χ4v) is 1.41. The van der Waals surface area contributed by atoms with Crippen LogP contribution >= 0.6 is 11.6 Å². The van der Waals surface area contributed by atoms with Crippen molar-refractivity contribution in [1.29, 1.82) is 0 Å². The molecule has 0 fully saturated rings. The molecule has 1 nitrogen and oxygen atoms in total. The highest BCUT2D eigenvalue weighted by atomic mass is 35.5. The van der Waals surface area contributed by atoms with Crippen LogP contribution in [0.3, 0.4) is 0 Å². The van der Waals surface area contributed by atoms with E-state index in [9.17, 15) is 17.6 Å². The third-order valence-corrected chi connectivity index (χ3v) is 2.53. The Morgan fingerprint density at radius 3 is 2.00 bits per heavy atom. The predicted octanol–water partition coefficient (Wildman–Crippen LogP) is 5.20. The summed E-state index contributed by atoms with van der Waals surface area (Å²) in [5.74, 6) is -1.22. The molecule has 0 radical (unpaired) electrons. The number of hydrogen-bond acceptors (Lipinski definition) is 1. The van der Waals surface area contributed by atoms with Crippen LogP contribution in [-0.2, 0) is 6.18 Å². The Balaban J connectivity index is 0.000000217. The van der Waals surface area contributed by atoms with E-state index in [0.29, 0.717) is 10.7 Å². The minimum absolute atomic E-state index is 0.473. The van der Waals surface area contributed by atoms with Crippen LogP contribution < -0.4 is 0 Å². The average molecular weight is 306 g/mol. The van der Waals surface area contributed by atoms with Crippen LogP contribution in [0.25, 0.3) is 0 Å². The standard InChI is InChI=1S/C8H6F4.C6H6ClN/c1-5-2-3-6(7(9)4-5)8(10,11)12;1-5-2-3-6(7)8-4-5/h2-4H,1H3;2-4H,1H3. The fraction of sp³-hybridized carbons (Fsp3) is 0.214. The van der Waals surface area contributed by atoms with Gasteiger partial charge >= 0.3 is 6.18 Å². The van der Waals surface area contributed by atoms with Crippen molar-refractivity contribution in [3.8, 4) is 0 Å². The summed E-state index contributed by atoms with van der Waals surface area (Å²) in [5, 5.41) is 0.551. The topological polar surface area (TPSA) is 12.9 Å². The van der Waals surface area contributed by atoms with E-state index in [0.717, 1.165) is 17.7 Å². The number of rotatable bonds is 0. The maximum Gasteiger partial charge on any atom is 0.419 e. The van der Waals surface area contributed by atoms with E-state index >= 15 is 0 Å². The van der Waals surface area contributed by atoms with Crippen LogP contribution in [-0.4, -0.2) is 4.98 Å².